The van der Waals surface area contributed by atoms with Gasteiger partial charge < -0.3 is 5.32 Å². The highest BCUT2D eigenvalue weighted by molar-refractivity contribution is 7.71. The van der Waals surface area contributed by atoms with Gasteiger partial charge in [0.25, 0.3) is 0 Å². The normalized spacial score (nSPS) is 16.2. The molecule has 2 aromatic rings. The number of nitrogens with zero attached hydrogens (tertiary/aromatic N) is 1. The van der Waals surface area contributed by atoms with Gasteiger partial charge in [-0.2, -0.15) is 0 Å². The lowest BCUT2D eigenvalue weighted by Crippen LogP contribution is -2.23. The summed E-state index contributed by atoms with van der Waals surface area (Å²) in [7, 11) is -2.44. The molecule has 3 rings (SSSR count). The fraction of sp³-hybridized carbons (Fsp3) is 0.444. The fourth-order valence-corrected chi connectivity index (χ4v) is 4.50. The molecule has 1 heterocycles. The van der Waals surface area contributed by atoms with E-state index in [4.69, 9.17) is 0 Å². The fourth-order valence-electron chi connectivity index (χ4n) is 3.46. The molecule has 1 aromatic carbocycles. The average Bonchev–Trinajstić information content (AvgIpc) is 3.26. The Morgan fingerprint density at radius 2 is 1.96 bits per heavy atom. The van der Waals surface area contributed by atoms with E-state index in [0.717, 1.165) is 17.5 Å². The zero-order valence-electron chi connectivity index (χ0n) is 13.9. The van der Waals surface area contributed by atoms with Crippen LogP contribution in [0.3, 0.4) is 0 Å². The number of hydrogen-bond donors (Lipinski definition) is 2. The second kappa shape index (κ2) is 8.58. The summed E-state index contributed by atoms with van der Waals surface area (Å²) in [6.45, 7) is 0. The molecule has 1 aromatic heterocycles. The Morgan fingerprint density at radius 3 is 2.56 bits per heavy atom. The number of nitrogens with one attached hydrogen (secondary N) is 1. The summed E-state index contributed by atoms with van der Waals surface area (Å²) >= 11 is 1.41. The molecule has 0 radical (unpaired) electrons. The number of benzene rings is 1. The van der Waals surface area contributed by atoms with Crippen LogP contribution < -0.4 is 5.32 Å². The van der Waals surface area contributed by atoms with Gasteiger partial charge in [-0.1, -0.05) is 49.9 Å². The van der Waals surface area contributed by atoms with Gasteiger partial charge in [0.15, 0.2) is 5.13 Å². The number of thiazole rings is 1. The number of aromatic nitrogens is 1. The van der Waals surface area contributed by atoms with Crippen LogP contribution in [0.25, 0.3) is 0 Å². The molecule has 25 heavy (non-hydrogen) atoms. The van der Waals surface area contributed by atoms with E-state index in [0.29, 0.717) is 11.0 Å². The maximum atomic E-state index is 12.8. The van der Waals surface area contributed by atoms with Crippen LogP contribution in [0.1, 0.15) is 49.1 Å². The first-order valence-electron chi connectivity index (χ1n) is 8.53. The zero-order chi connectivity index (χ0) is 17.6. The number of carbonyl (C=O) groups is 1. The van der Waals surface area contributed by atoms with Crippen molar-refractivity contribution in [2.24, 2.45) is 5.92 Å². The smallest absolute Gasteiger partial charge is 0.233 e. The van der Waals surface area contributed by atoms with Gasteiger partial charge in [-0.25, -0.2) is 13.4 Å². The number of amides is 1. The van der Waals surface area contributed by atoms with Crippen LogP contribution in [0.15, 0.2) is 35.8 Å². The predicted molar refractivity (Wildman–Crippen MR) is 101 cm³/mol. The predicted octanol–water partition coefficient (Wildman–Crippen LogP) is 3.56. The van der Waals surface area contributed by atoms with E-state index >= 15 is 0 Å². The Morgan fingerprint density at radius 1 is 1.24 bits per heavy atom. The van der Waals surface area contributed by atoms with E-state index in [1.165, 1.54) is 37.0 Å². The molecule has 1 saturated carbocycles. The highest BCUT2D eigenvalue weighted by Gasteiger charge is 2.27. The van der Waals surface area contributed by atoms with Crippen molar-refractivity contribution in [1.82, 2.24) is 4.98 Å². The molecule has 1 fully saturated rings. The molecule has 5 nitrogen and oxygen atoms in total. The topological polar surface area (TPSA) is 76.1 Å². The molecular weight excluding hydrogens is 356 g/mol. The summed E-state index contributed by atoms with van der Waals surface area (Å²) in [5, 5.41) is 5.36. The van der Waals surface area contributed by atoms with Crippen molar-refractivity contribution in [2.45, 2.75) is 43.8 Å². The lowest BCUT2D eigenvalue weighted by molar-refractivity contribution is -0.118. The SMILES string of the molecule is O=C(Nc1nccs1)C(CC1CCCC1)c1ccc(C[SH](=O)=O)cc1. The van der Waals surface area contributed by atoms with E-state index in [9.17, 15) is 13.2 Å². The number of anilines is 1. The average molecular weight is 379 g/mol. The molecule has 0 spiro atoms. The van der Waals surface area contributed by atoms with Gasteiger partial charge in [0.1, 0.15) is 10.7 Å². The van der Waals surface area contributed by atoms with Gasteiger partial charge in [0.2, 0.25) is 5.91 Å². The highest BCUT2D eigenvalue weighted by atomic mass is 32.2. The lowest BCUT2D eigenvalue weighted by atomic mass is 9.87. The van der Waals surface area contributed by atoms with Crippen LogP contribution in [-0.4, -0.2) is 19.3 Å². The number of rotatable bonds is 7. The van der Waals surface area contributed by atoms with Crippen LogP contribution in [0.4, 0.5) is 5.13 Å². The molecule has 1 aliphatic carbocycles. The lowest BCUT2D eigenvalue weighted by Gasteiger charge is -2.20. The van der Waals surface area contributed by atoms with Crippen LogP contribution >= 0.6 is 11.3 Å². The van der Waals surface area contributed by atoms with Gasteiger partial charge >= 0.3 is 0 Å². The molecule has 1 aliphatic rings. The summed E-state index contributed by atoms with van der Waals surface area (Å²) in [5.41, 5.74) is 1.69. The van der Waals surface area contributed by atoms with E-state index in [-0.39, 0.29) is 17.6 Å². The summed E-state index contributed by atoms with van der Waals surface area (Å²) in [5.74, 6) is 0.336. The summed E-state index contributed by atoms with van der Waals surface area (Å²) in [6.07, 6.45) is 7.32. The van der Waals surface area contributed by atoms with Crippen molar-refractivity contribution in [2.75, 3.05) is 5.32 Å². The Labute approximate surface area is 153 Å². The Balaban J connectivity index is 1.77. The third kappa shape index (κ3) is 5.12. The summed E-state index contributed by atoms with van der Waals surface area (Å²) in [4.78, 5) is 17.0. The van der Waals surface area contributed by atoms with Crippen LogP contribution in [0.5, 0.6) is 0 Å². The zero-order valence-corrected chi connectivity index (χ0v) is 15.6. The molecule has 0 aliphatic heterocycles. The number of carbonyl (C=O) groups excluding carboxylic acids is 1. The van der Waals surface area contributed by atoms with E-state index < -0.39 is 10.7 Å². The van der Waals surface area contributed by atoms with Gasteiger partial charge in [-0.05, 0) is 23.5 Å². The van der Waals surface area contributed by atoms with Crippen molar-refractivity contribution in [3.63, 3.8) is 0 Å². The van der Waals surface area contributed by atoms with Gasteiger partial charge in [0, 0.05) is 11.6 Å². The van der Waals surface area contributed by atoms with Crippen LogP contribution in [0, 0.1) is 5.92 Å². The number of hydrogen-bond acceptors (Lipinski definition) is 5. The molecular formula is C18H22N2O3S2. The molecule has 1 unspecified atom stereocenters. The molecule has 0 bridgehead atoms. The molecule has 134 valence electrons. The first-order valence-corrected chi connectivity index (χ1v) is 10.8. The standard InChI is InChI=1S/C18H22N2O3S2/c21-17(20-18-19-9-10-24-18)16(11-13-3-1-2-4-13)15-7-5-14(6-8-15)12-25(22)23/h5-10,13,16,25H,1-4,11-12H2,(H,19,20,21). The second-order valence-electron chi connectivity index (χ2n) is 6.50. The van der Waals surface area contributed by atoms with Gasteiger partial charge in [0.05, 0.1) is 11.7 Å². The quantitative estimate of drug-likeness (QED) is 0.723. The minimum Gasteiger partial charge on any atom is -0.301 e. The van der Waals surface area contributed by atoms with E-state index in [2.05, 4.69) is 10.3 Å². The Bertz CT molecular complexity index is 756. The largest absolute Gasteiger partial charge is 0.301 e. The monoisotopic (exact) mass is 378 g/mol. The van der Waals surface area contributed by atoms with Crippen molar-refractivity contribution in [3.05, 3.63) is 47.0 Å². The molecule has 7 heteroatoms. The Hall–Kier alpha value is -1.73. The minimum atomic E-state index is -2.44. The maximum Gasteiger partial charge on any atom is 0.233 e. The maximum absolute atomic E-state index is 12.8. The first kappa shape index (κ1) is 18.1. The molecule has 1 amide bonds. The van der Waals surface area contributed by atoms with Crippen molar-refractivity contribution in [1.29, 1.82) is 0 Å². The van der Waals surface area contributed by atoms with E-state index in [1.807, 2.05) is 17.5 Å². The summed E-state index contributed by atoms with van der Waals surface area (Å²) in [6, 6.07) is 7.38. The van der Waals surface area contributed by atoms with Crippen molar-refractivity contribution >= 4 is 33.1 Å². The highest BCUT2D eigenvalue weighted by Crippen LogP contribution is 2.35. The minimum absolute atomic E-state index is 0.0359. The van der Waals surface area contributed by atoms with E-state index in [1.54, 1.807) is 18.3 Å². The third-order valence-corrected chi connectivity index (χ3v) is 6.03. The Kier molecular flexibility index (Phi) is 6.20. The second-order valence-corrected chi connectivity index (χ2v) is 8.37. The van der Waals surface area contributed by atoms with Gasteiger partial charge in [-0.15, -0.1) is 11.3 Å². The third-order valence-electron chi connectivity index (χ3n) is 4.72. The molecule has 1 N–H and O–H groups in total. The molecule has 1 atom stereocenters. The van der Waals surface area contributed by atoms with Crippen LogP contribution in [0.2, 0.25) is 0 Å². The first-order chi connectivity index (χ1) is 12.1. The van der Waals surface area contributed by atoms with Crippen LogP contribution in [-0.2, 0) is 21.3 Å². The molecule has 0 saturated heterocycles. The number of thiol groups is 1. The van der Waals surface area contributed by atoms with Gasteiger partial charge in [-0.3, -0.25) is 4.79 Å². The van der Waals surface area contributed by atoms with Crippen molar-refractivity contribution in [3.8, 4) is 0 Å². The van der Waals surface area contributed by atoms with Crippen molar-refractivity contribution < 1.29 is 13.2 Å². The summed E-state index contributed by atoms with van der Waals surface area (Å²) < 4.78 is 21.7.